The van der Waals surface area contributed by atoms with E-state index in [1.165, 1.54) is 5.56 Å². The molecule has 1 aromatic carbocycles. The van der Waals surface area contributed by atoms with Gasteiger partial charge in [-0.15, -0.1) is 0 Å². The fourth-order valence-electron chi connectivity index (χ4n) is 1.66. The largest absolute Gasteiger partial charge is 0.449 e. The summed E-state index contributed by atoms with van der Waals surface area (Å²) in [6, 6.07) is 8.28. The number of alkyl carbamates (subject to hydrolysis) is 1. The van der Waals surface area contributed by atoms with Gasteiger partial charge in [0.2, 0.25) is 0 Å². The first-order valence-electron chi connectivity index (χ1n) is 4.75. The Bertz CT molecular complexity index is 349. The van der Waals surface area contributed by atoms with Crippen LogP contribution in [0.15, 0.2) is 24.3 Å². The van der Waals surface area contributed by atoms with Crippen molar-refractivity contribution in [2.24, 2.45) is 0 Å². The number of nitrogens with one attached hydrogen (secondary N) is 1. The van der Waals surface area contributed by atoms with Gasteiger partial charge < -0.3 is 10.1 Å². The van der Waals surface area contributed by atoms with Crippen molar-refractivity contribution in [1.82, 2.24) is 5.32 Å². The van der Waals surface area contributed by atoms with Crippen LogP contribution in [0, 0.1) is 6.92 Å². The number of hydrogen-bond acceptors (Lipinski definition) is 2. The summed E-state index contributed by atoms with van der Waals surface area (Å²) in [5.41, 5.74) is 2.37. The summed E-state index contributed by atoms with van der Waals surface area (Å²) >= 11 is 0. The molecule has 1 unspecified atom stereocenters. The molecule has 3 heteroatoms. The molecule has 1 aliphatic heterocycles. The lowest BCUT2D eigenvalue weighted by atomic mass is 10.0. The molecule has 1 aromatic rings. The summed E-state index contributed by atoms with van der Waals surface area (Å²) in [5, 5.41) is 2.80. The van der Waals surface area contributed by atoms with Crippen molar-refractivity contribution in [2.45, 2.75) is 19.4 Å². The van der Waals surface area contributed by atoms with E-state index in [9.17, 15) is 4.79 Å². The molecule has 74 valence electrons. The lowest BCUT2D eigenvalue weighted by Gasteiger charge is -2.23. The Kier molecular flexibility index (Phi) is 2.39. The van der Waals surface area contributed by atoms with Gasteiger partial charge in [0.25, 0.3) is 0 Å². The molecule has 3 nitrogen and oxygen atoms in total. The fraction of sp³-hybridized carbons (Fsp3) is 0.364. The van der Waals surface area contributed by atoms with Gasteiger partial charge in [-0.1, -0.05) is 29.8 Å². The van der Waals surface area contributed by atoms with Gasteiger partial charge in [0.05, 0.1) is 12.6 Å². The Balaban J connectivity index is 2.17. The third kappa shape index (κ3) is 1.87. The second-order valence-corrected chi connectivity index (χ2v) is 3.54. The van der Waals surface area contributed by atoms with Crippen LogP contribution in [0.25, 0.3) is 0 Å². The predicted octanol–water partition coefficient (Wildman–Crippen LogP) is 2.17. The molecule has 1 aliphatic rings. The first kappa shape index (κ1) is 9.06. The van der Waals surface area contributed by atoms with Gasteiger partial charge in [-0.05, 0) is 12.5 Å². The van der Waals surface area contributed by atoms with Gasteiger partial charge in [0.15, 0.2) is 0 Å². The Morgan fingerprint density at radius 3 is 3.07 bits per heavy atom. The number of amides is 1. The van der Waals surface area contributed by atoms with E-state index < -0.39 is 0 Å². The smallest absolute Gasteiger partial charge is 0.407 e. The minimum absolute atomic E-state index is 0.108. The molecule has 0 saturated carbocycles. The van der Waals surface area contributed by atoms with E-state index in [2.05, 4.69) is 11.4 Å². The quantitative estimate of drug-likeness (QED) is 0.738. The first-order chi connectivity index (χ1) is 6.75. The van der Waals surface area contributed by atoms with Crippen LogP contribution in [-0.4, -0.2) is 12.7 Å². The summed E-state index contributed by atoms with van der Waals surface area (Å²) in [6.45, 7) is 2.55. The van der Waals surface area contributed by atoms with Crippen molar-refractivity contribution in [1.29, 1.82) is 0 Å². The number of ether oxygens (including phenoxy) is 1. The van der Waals surface area contributed by atoms with E-state index in [-0.39, 0.29) is 12.1 Å². The Morgan fingerprint density at radius 1 is 1.50 bits per heavy atom. The summed E-state index contributed by atoms with van der Waals surface area (Å²) < 4.78 is 4.81. The monoisotopic (exact) mass is 191 g/mol. The van der Waals surface area contributed by atoms with Crippen LogP contribution >= 0.6 is 0 Å². The Morgan fingerprint density at radius 2 is 2.36 bits per heavy atom. The zero-order chi connectivity index (χ0) is 9.97. The summed E-state index contributed by atoms with van der Waals surface area (Å²) in [7, 11) is 0. The topological polar surface area (TPSA) is 38.3 Å². The number of rotatable bonds is 1. The number of carbonyl (C=O) groups is 1. The van der Waals surface area contributed by atoms with E-state index in [0.717, 1.165) is 12.0 Å². The molecule has 1 saturated heterocycles. The average Bonchev–Trinajstić information content (AvgIpc) is 2.18. The maximum absolute atomic E-state index is 11.0. The lowest BCUT2D eigenvalue weighted by molar-refractivity contribution is 0.115. The fourth-order valence-corrected chi connectivity index (χ4v) is 1.66. The molecular formula is C11H13NO2. The number of carbonyl (C=O) groups excluding carboxylic acids is 1. The number of cyclic esters (lactones) is 1. The average molecular weight is 191 g/mol. The molecule has 1 heterocycles. The van der Waals surface area contributed by atoms with Gasteiger partial charge in [0.1, 0.15) is 0 Å². The van der Waals surface area contributed by atoms with Gasteiger partial charge >= 0.3 is 6.09 Å². The molecule has 1 fully saturated rings. The zero-order valence-electron chi connectivity index (χ0n) is 8.12. The minimum atomic E-state index is -0.317. The number of benzene rings is 1. The van der Waals surface area contributed by atoms with Crippen LogP contribution in [-0.2, 0) is 4.74 Å². The SMILES string of the molecule is Cc1cccc(C2CCOC(=O)N2)c1. The van der Waals surface area contributed by atoms with Crippen molar-refractivity contribution < 1.29 is 9.53 Å². The summed E-state index contributed by atoms with van der Waals surface area (Å²) in [5.74, 6) is 0. The molecule has 2 rings (SSSR count). The van der Waals surface area contributed by atoms with Gasteiger partial charge in [-0.3, -0.25) is 0 Å². The normalized spacial score (nSPS) is 21.2. The van der Waals surface area contributed by atoms with Gasteiger partial charge in [-0.2, -0.15) is 0 Å². The highest BCUT2D eigenvalue weighted by atomic mass is 16.5. The van der Waals surface area contributed by atoms with Crippen LogP contribution in [0.4, 0.5) is 4.79 Å². The minimum Gasteiger partial charge on any atom is -0.449 e. The molecule has 0 aliphatic carbocycles. The van der Waals surface area contributed by atoms with Gasteiger partial charge in [-0.25, -0.2) is 4.79 Å². The Hall–Kier alpha value is -1.51. The van der Waals surface area contributed by atoms with E-state index in [1.807, 2.05) is 25.1 Å². The summed E-state index contributed by atoms with van der Waals surface area (Å²) in [6.07, 6.45) is 0.526. The predicted molar refractivity (Wildman–Crippen MR) is 53.0 cm³/mol. The highest BCUT2D eigenvalue weighted by Crippen LogP contribution is 2.20. The molecule has 14 heavy (non-hydrogen) atoms. The highest BCUT2D eigenvalue weighted by Gasteiger charge is 2.20. The highest BCUT2D eigenvalue weighted by molar-refractivity contribution is 5.68. The molecule has 1 amide bonds. The number of hydrogen-bond donors (Lipinski definition) is 1. The third-order valence-electron chi connectivity index (χ3n) is 2.38. The van der Waals surface area contributed by atoms with Crippen molar-refractivity contribution >= 4 is 6.09 Å². The Labute approximate surface area is 83.1 Å². The molecule has 1 atom stereocenters. The van der Waals surface area contributed by atoms with E-state index in [1.54, 1.807) is 0 Å². The second kappa shape index (κ2) is 3.70. The van der Waals surface area contributed by atoms with Crippen LogP contribution in [0.5, 0.6) is 0 Å². The van der Waals surface area contributed by atoms with Crippen molar-refractivity contribution in [2.75, 3.05) is 6.61 Å². The van der Waals surface area contributed by atoms with Gasteiger partial charge in [0, 0.05) is 6.42 Å². The van der Waals surface area contributed by atoms with Crippen molar-refractivity contribution in [3.05, 3.63) is 35.4 Å². The second-order valence-electron chi connectivity index (χ2n) is 3.54. The van der Waals surface area contributed by atoms with Crippen LogP contribution in [0.1, 0.15) is 23.6 Å². The molecule has 0 spiro atoms. The molecule has 0 radical (unpaired) electrons. The van der Waals surface area contributed by atoms with Crippen molar-refractivity contribution in [3.8, 4) is 0 Å². The van der Waals surface area contributed by atoms with Crippen LogP contribution in [0.3, 0.4) is 0 Å². The number of aryl methyl sites for hydroxylation is 1. The third-order valence-corrected chi connectivity index (χ3v) is 2.38. The van der Waals surface area contributed by atoms with Crippen LogP contribution in [0.2, 0.25) is 0 Å². The molecule has 1 N–H and O–H groups in total. The zero-order valence-corrected chi connectivity index (χ0v) is 8.12. The maximum atomic E-state index is 11.0. The van der Waals surface area contributed by atoms with Crippen molar-refractivity contribution in [3.63, 3.8) is 0 Å². The van der Waals surface area contributed by atoms with E-state index >= 15 is 0 Å². The maximum Gasteiger partial charge on any atom is 0.407 e. The summed E-state index contributed by atoms with van der Waals surface area (Å²) in [4.78, 5) is 11.0. The van der Waals surface area contributed by atoms with E-state index in [4.69, 9.17) is 4.74 Å². The first-order valence-corrected chi connectivity index (χ1v) is 4.75. The van der Waals surface area contributed by atoms with Crippen LogP contribution < -0.4 is 5.32 Å². The molecule has 0 aromatic heterocycles. The molecular weight excluding hydrogens is 178 g/mol. The standard InChI is InChI=1S/C11H13NO2/c1-8-3-2-4-9(7-8)10-5-6-14-11(13)12-10/h2-4,7,10H,5-6H2,1H3,(H,12,13). The van der Waals surface area contributed by atoms with E-state index in [0.29, 0.717) is 6.61 Å². The molecule has 0 bridgehead atoms. The lowest BCUT2D eigenvalue weighted by Crippen LogP contribution is -2.35.